The Labute approximate surface area is 112 Å². The summed E-state index contributed by atoms with van der Waals surface area (Å²) in [6.45, 7) is 4.89. The minimum absolute atomic E-state index is 0.145. The summed E-state index contributed by atoms with van der Waals surface area (Å²) in [5, 5.41) is 0. The van der Waals surface area contributed by atoms with Crippen LogP contribution in [0.4, 0.5) is 8.78 Å². The largest absolute Gasteiger partial charge is 0.377 e. The second-order valence-electron chi connectivity index (χ2n) is 5.04. The zero-order valence-corrected chi connectivity index (χ0v) is 11.1. The van der Waals surface area contributed by atoms with E-state index in [9.17, 15) is 8.78 Å². The van der Waals surface area contributed by atoms with E-state index in [0.717, 1.165) is 32.2 Å². The van der Waals surface area contributed by atoms with Crippen LogP contribution in [0.1, 0.15) is 24.9 Å². The third kappa shape index (κ3) is 3.72. The highest BCUT2D eigenvalue weighted by atomic mass is 19.2. The summed E-state index contributed by atoms with van der Waals surface area (Å²) in [6.07, 6.45) is 1.08. The standard InChI is InChI=1S/C14H20F2N2O/c1-10-8-18(6-3-7-19-10)9-13(17)11-4-2-5-12(15)14(11)16/h2,4-5,10,13H,3,6-9,17H2,1H3. The number of hydrogen-bond donors (Lipinski definition) is 1. The summed E-state index contributed by atoms with van der Waals surface area (Å²) in [7, 11) is 0. The van der Waals surface area contributed by atoms with E-state index < -0.39 is 17.7 Å². The van der Waals surface area contributed by atoms with Crippen LogP contribution in [0.2, 0.25) is 0 Å². The monoisotopic (exact) mass is 270 g/mol. The summed E-state index contributed by atoms with van der Waals surface area (Å²) in [5.74, 6) is -1.69. The van der Waals surface area contributed by atoms with Gasteiger partial charge in [-0.25, -0.2) is 8.78 Å². The lowest BCUT2D eigenvalue weighted by Crippen LogP contribution is -2.36. The van der Waals surface area contributed by atoms with Crippen LogP contribution in [0.15, 0.2) is 18.2 Å². The quantitative estimate of drug-likeness (QED) is 0.914. The number of rotatable bonds is 3. The molecule has 3 nitrogen and oxygen atoms in total. The fraction of sp³-hybridized carbons (Fsp3) is 0.571. The first-order valence-electron chi connectivity index (χ1n) is 6.61. The molecule has 1 fully saturated rings. The van der Waals surface area contributed by atoms with E-state index in [1.54, 1.807) is 6.07 Å². The molecule has 1 aliphatic rings. The maximum absolute atomic E-state index is 13.7. The lowest BCUT2D eigenvalue weighted by Gasteiger charge is -2.25. The van der Waals surface area contributed by atoms with Crippen LogP contribution >= 0.6 is 0 Å². The van der Waals surface area contributed by atoms with E-state index >= 15 is 0 Å². The Morgan fingerprint density at radius 1 is 1.47 bits per heavy atom. The molecule has 1 saturated heterocycles. The molecular weight excluding hydrogens is 250 g/mol. The van der Waals surface area contributed by atoms with Crippen LogP contribution in [0, 0.1) is 11.6 Å². The van der Waals surface area contributed by atoms with Crippen molar-refractivity contribution < 1.29 is 13.5 Å². The first-order valence-corrected chi connectivity index (χ1v) is 6.61. The zero-order valence-electron chi connectivity index (χ0n) is 11.1. The van der Waals surface area contributed by atoms with Crippen LogP contribution in [-0.2, 0) is 4.74 Å². The molecular formula is C14H20F2N2O. The predicted octanol–water partition coefficient (Wildman–Crippen LogP) is 2.08. The van der Waals surface area contributed by atoms with E-state index in [1.807, 2.05) is 6.92 Å². The highest BCUT2D eigenvalue weighted by molar-refractivity contribution is 5.22. The van der Waals surface area contributed by atoms with Crippen LogP contribution < -0.4 is 5.73 Å². The van der Waals surface area contributed by atoms with Gasteiger partial charge in [0.25, 0.3) is 0 Å². The minimum atomic E-state index is -0.847. The minimum Gasteiger partial charge on any atom is -0.377 e. The van der Waals surface area contributed by atoms with Crippen molar-refractivity contribution in [3.8, 4) is 0 Å². The second-order valence-corrected chi connectivity index (χ2v) is 5.04. The fourth-order valence-corrected chi connectivity index (χ4v) is 2.43. The molecule has 19 heavy (non-hydrogen) atoms. The van der Waals surface area contributed by atoms with E-state index in [-0.39, 0.29) is 11.7 Å². The molecule has 0 aliphatic carbocycles. The Morgan fingerprint density at radius 3 is 3.05 bits per heavy atom. The first-order chi connectivity index (χ1) is 9.08. The second kappa shape index (κ2) is 6.41. The molecule has 1 aromatic carbocycles. The van der Waals surface area contributed by atoms with Crippen molar-refractivity contribution in [1.82, 2.24) is 4.90 Å². The van der Waals surface area contributed by atoms with Gasteiger partial charge in [-0.05, 0) is 19.4 Å². The Morgan fingerprint density at radius 2 is 2.26 bits per heavy atom. The molecule has 0 saturated carbocycles. The Bertz CT molecular complexity index is 428. The Hall–Kier alpha value is -1.04. The third-order valence-corrected chi connectivity index (χ3v) is 3.37. The SMILES string of the molecule is CC1CN(CC(N)c2cccc(F)c2F)CCCO1. The summed E-state index contributed by atoms with van der Waals surface area (Å²) >= 11 is 0. The molecule has 1 aliphatic heterocycles. The number of halogens is 2. The van der Waals surface area contributed by atoms with Crippen molar-refractivity contribution in [2.45, 2.75) is 25.5 Å². The zero-order chi connectivity index (χ0) is 13.8. The van der Waals surface area contributed by atoms with Crippen LogP contribution in [0.25, 0.3) is 0 Å². The average Bonchev–Trinajstić information content (AvgIpc) is 2.57. The van der Waals surface area contributed by atoms with Gasteiger partial charge in [0.2, 0.25) is 0 Å². The topological polar surface area (TPSA) is 38.5 Å². The van der Waals surface area contributed by atoms with Gasteiger partial charge in [-0.15, -0.1) is 0 Å². The van der Waals surface area contributed by atoms with Crippen LogP contribution in [0.5, 0.6) is 0 Å². The molecule has 106 valence electrons. The first kappa shape index (κ1) is 14.4. The van der Waals surface area contributed by atoms with Gasteiger partial charge in [-0.2, -0.15) is 0 Å². The van der Waals surface area contributed by atoms with Crippen molar-refractivity contribution >= 4 is 0 Å². The van der Waals surface area contributed by atoms with E-state index in [0.29, 0.717) is 6.54 Å². The molecule has 0 aromatic heterocycles. The van der Waals surface area contributed by atoms with Crippen molar-refractivity contribution in [3.05, 3.63) is 35.4 Å². The number of nitrogens with zero attached hydrogens (tertiary/aromatic N) is 1. The van der Waals surface area contributed by atoms with E-state index in [2.05, 4.69) is 4.90 Å². The Balaban J connectivity index is 2.03. The molecule has 0 bridgehead atoms. The Kier molecular flexibility index (Phi) is 4.85. The molecule has 0 spiro atoms. The summed E-state index contributed by atoms with van der Waals surface area (Å²) in [6, 6.07) is 3.61. The maximum Gasteiger partial charge on any atom is 0.163 e. The molecule has 2 rings (SSSR count). The normalized spacial score (nSPS) is 23.1. The van der Waals surface area contributed by atoms with Crippen LogP contribution in [0.3, 0.4) is 0 Å². The van der Waals surface area contributed by atoms with Gasteiger partial charge in [0.15, 0.2) is 11.6 Å². The smallest absolute Gasteiger partial charge is 0.163 e. The molecule has 2 atom stereocenters. The van der Waals surface area contributed by atoms with Crippen LogP contribution in [-0.4, -0.2) is 37.2 Å². The molecule has 2 N–H and O–H groups in total. The van der Waals surface area contributed by atoms with Gasteiger partial charge in [0, 0.05) is 37.8 Å². The van der Waals surface area contributed by atoms with E-state index in [4.69, 9.17) is 10.5 Å². The number of benzene rings is 1. The summed E-state index contributed by atoms with van der Waals surface area (Å²) < 4.78 is 32.4. The van der Waals surface area contributed by atoms with E-state index in [1.165, 1.54) is 6.07 Å². The highest BCUT2D eigenvalue weighted by Gasteiger charge is 2.20. The highest BCUT2D eigenvalue weighted by Crippen LogP contribution is 2.19. The van der Waals surface area contributed by atoms with Gasteiger partial charge in [-0.3, -0.25) is 4.90 Å². The van der Waals surface area contributed by atoms with Crippen molar-refractivity contribution in [2.75, 3.05) is 26.2 Å². The number of nitrogens with two attached hydrogens (primary N) is 1. The van der Waals surface area contributed by atoms with Gasteiger partial charge < -0.3 is 10.5 Å². The predicted molar refractivity (Wildman–Crippen MR) is 69.8 cm³/mol. The van der Waals surface area contributed by atoms with Crippen molar-refractivity contribution in [2.24, 2.45) is 5.73 Å². The molecule has 0 amide bonds. The lowest BCUT2D eigenvalue weighted by atomic mass is 10.1. The fourth-order valence-electron chi connectivity index (χ4n) is 2.43. The van der Waals surface area contributed by atoms with Gasteiger partial charge >= 0.3 is 0 Å². The lowest BCUT2D eigenvalue weighted by molar-refractivity contribution is 0.0669. The summed E-state index contributed by atoms with van der Waals surface area (Å²) in [5.41, 5.74) is 6.24. The van der Waals surface area contributed by atoms with Crippen molar-refractivity contribution in [1.29, 1.82) is 0 Å². The molecule has 5 heteroatoms. The van der Waals surface area contributed by atoms with Gasteiger partial charge in [0.05, 0.1) is 6.10 Å². The third-order valence-electron chi connectivity index (χ3n) is 3.37. The molecule has 0 radical (unpaired) electrons. The van der Waals surface area contributed by atoms with Crippen molar-refractivity contribution in [3.63, 3.8) is 0 Å². The molecule has 1 aromatic rings. The molecule has 1 heterocycles. The summed E-state index contributed by atoms with van der Waals surface area (Å²) in [4.78, 5) is 2.15. The maximum atomic E-state index is 13.7. The number of hydrogen-bond acceptors (Lipinski definition) is 3. The molecule has 2 unspecified atom stereocenters. The van der Waals surface area contributed by atoms with Gasteiger partial charge in [-0.1, -0.05) is 12.1 Å². The van der Waals surface area contributed by atoms with Gasteiger partial charge in [0.1, 0.15) is 0 Å². The average molecular weight is 270 g/mol. The number of ether oxygens (including phenoxy) is 1.